The first-order valence-corrected chi connectivity index (χ1v) is 6.58. The Bertz CT molecular complexity index is 353. The maximum Gasteiger partial charge on any atom is 0.131 e. The first kappa shape index (κ1) is 13.1. The molecule has 2 rings (SSSR count). The van der Waals surface area contributed by atoms with Crippen LogP contribution < -0.4 is 15.5 Å². The minimum absolute atomic E-state index is 0.793. The van der Waals surface area contributed by atoms with Crippen LogP contribution in [-0.2, 0) is 4.74 Å². The van der Waals surface area contributed by atoms with Gasteiger partial charge in [-0.3, -0.25) is 0 Å². The van der Waals surface area contributed by atoms with E-state index in [1.54, 1.807) is 0 Å². The van der Waals surface area contributed by atoms with E-state index in [-0.39, 0.29) is 0 Å². The highest BCUT2D eigenvalue weighted by Gasteiger charge is 2.12. The van der Waals surface area contributed by atoms with Crippen molar-refractivity contribution in [3.63, 3.8) is 0 Å². The molecule has 18 heavy (non-hydrogen) atoms. The number of morpholine rings is 1. The first-order chi connectivity index (χ1) is 8.90. The molecular formula is C13H22N4O. The number of pyridine rings is 1. The monoisotopic (exact) mass is 250 g/mol. The molecular weight excluding hydrogens is 228 g/mol. The van der Waals surface area contributed by atoms with Gasteiger partial charge in [0, 0.05) is 19.6 Å². The van der Waals surface area contributed by atoms with Crippen LogP contribution in [0.5, 0.6) is 0 Å². The second-order valence-corrected chi connectivity index (χ2v) is 4.36. The summed E-state index contributed by atoms with van der Waals surface area (Å²) < 4.78 is 5.35. The molecule has 100 valence electrons. The number of anilines is 2. The summed E-state index contributed by atoms with van der Waals surface area (Å²) >= 11 is 0. The third-order valence-corrected chi connectivity index (χ3v) is 2.98. The van der Waals surface area contributed by atoms with Crippen molar-refractivity contribution in [2.75, 3.05) is 56.7 Å². The summed E-state index contributed by atoms with van der Waals surface area (Å²) in [6.45, 7) is 5.41. The lowest BCUT2D eigenvalue weighted by atomic mass is 10.3. The van der Waals surface area contributed by atoms with Crippen LogP contribution in [0, 0.1) is 0 Å². The summed E-state index contributed by atoms with van der Waals surface area (Å²) in [5, 5.41) is 6.48. The standard InChI is InChI=1S/C13H22N4O/c1-14-6-3-7-15-12-4-2-5-13(16-12)17-8-10-18-11-9-17/h2,4-5,14H,3,6-11H2,1H3,(H,15,16). The van der Waals surface area contributed by atoms with Gasteiger partial charge in [-0.2, -0.15) is 0 Å². The van der Waals surface area contributed by atoms with Gasteiger partial charge >= 0.3 is 0 Å². The molecule has 0 amide bonds. The van der Waals surface area contributed by atoms with Crippen LogP contribution in [0.4, 0.5) is 11.6 Å². The number of hydrogen-bond acceptors (Lipinski definition) is 5. The highest BCUT2D eigenvalue weighted by Crippen LogP contribution is 2.15. The van der Waals surface area contributed by atoms with Crippen molar-refractivity contribution in [3.8, 4) is 0 Å². The Hall–Kier alpha value is -1.33. The maximum atomic E-state index is 5.35. The van der Waals surface area contributed by atoms with E-state index in [4.69, 9.17) is 4.74 Å². The molecule has 0 aromatic carbocycles. The zero-order valence-corrected chi connectivity index (χ0v) is 11.0. The third-order valence-electron chi connectivity index (χ3n) is 2.98. The number of nitrogens with zero attached hydrogens (tertiary/aromatic N) is 2. The van der Waals surface area contributed by atoms with Gasteiger partial charge in [0.15, 0.2) is 0 Å². The van der Waals surface area contributed by atoms with E-state index in [1.807, 2.05) is 13.1 Å². The lowest BCUT2D eigenvalue weighted by molar-refractivity contribution is 0.122. The van der Waals surface area contributed by atoms with Gasteiger partial charge in [0.25, 0.3) is 0 Å². The Labute approximate surface area is 109 Å². The minimum atomic E-state index is 0.793. The summed E-state index contributed by atoms with van der Waals surface area (Å²) in [4.78, 5) is 6.90. The van der Waals surface area contributed by atoms with Gasteiger partial charge in [0.1, 0.15) is 11.6 Å². The van der Waals surface area contributed by atoms with E-state index in [0.29, 0.717) is 0 Å². The Kier molecular flexibility index (Phi) is 5.23. The van der Waals surface area contributed by atoms with Crippen molar-refractivity contribution < 1.29 is 4.74 Å². The van der Waals surface area contributed by atoms with Crippen LogP contribution in [0.2, 0.25) is 0 Å². The summed E-state index contributed by atoms with van der Waals surface area (Å²) in [5.74, 6) is 1.99. The molecule has 1 aliphatic heterocycles. The second kappa shape index (κ2) is 7.18. The zero-order chi connectivity index (χ0) is 12.6. The first-order valence-electron chi connectivity index (χ1n) is 6.58. The third kappa shape index (κ3) is 3.85. The maximum absolute atomic E-state index is 5.35. The van der Waals surface area contributed by atoms with Gasteiger partial charge in [0.2, 0.25) is 0 Å². The molecule has 1 saturated heterocycles. The van der Waals surface area contributed by atoms with Crippen LogP contribution >= 0.6 is 0 Å². The molecule has 5 heteroatoms. The molecule has 0 bridgehead atoms. The Morgan fingerprint density at radius 1 is 1.28 bits per heavy atom. The summed E-state index contributed by atoms with van der Waals surface area (Å²) in [5.41, 5.74) is 0. The quantitative estimate of drug-likeness (QED) is 0.736. The lowest BCUT2D eigenvalue weighted by Gasteiger charge is -2.28. The van der Waals surface area contributed by atoms with Crippen LogP contribution in [-0.4, -0.2) is 51.4 Å². The second-order valence-electron chi connectivity index (χ2n) is 4.36. The normalized spacial score (nSPS) is 15.7. The molecule has 0 aliphatic carbocycles. The van der Waals surface area contributed by atoms with Crippen molar-refractivity contribution in [1.29, 1.82) is 0 Å². The van der Waals surface area contributed by atoms with Crippen LogP contribution in [0.1, 0.15) is 6.42 Å². The average molecular weight is 250 g/mol. The fourth-order valence-electron chi connectivity index (χ4n) is 1.97. The molecule has 0 atom stereocenters. The highest BCUT2D eigenvalue weighted by molar-refractivity contribution is 5.47. The van der Waals surface area contributed by atoms with E-state index in [9.17, 15) is 0 Å². The number of nitrogens with one attached hydrogen (secondary N) is 2. The molecule has 2 heterocycles. The van der Waals surface area contributed by atoms with Crippen LogP contribution in [0.25, 0.3) is 0 Å². The lowest BCUT2D eigenvalue weighted by Crippen LogP contribution is -2.36. The summed E-state index contributed by atoms with van der Waals surface area (Å²) in [7, 11) is 1.97. The molecule has 1 fully saturated rings. The van der Waals surface area contributed by atoms with Gasteiger partial charge in [-0.15, -0.1) is 0 Å². The van der Waals surface area contributed by atoms with E-state index in [0.717, 1.165) is 57.4 Å². The van der Waals surface area contributed by atoms with Crippen molar-refractivity contribution in [2.24, 2.45) is 0 Å². The molecule has 0 unspecified atom stereocenters. The van der Waals surface area contributed by atoms with Gasteiger partial charge in [-0.25, -0.2) is 4.98 Å². The molecule has 1 aromatic rings. The van der Waals surface area contributed by atoms with Crippen molar-refractivity contribution >= 4 is 11.6 Å². The largest absolute Gasteiger partial charge is 0.378 e. The Morgan fingerprint density at radius 2 is 2.11 bits per heavy atom. The van der Waals surface area contributed by atoms with E-state index in [1.165, 1.54) is 0 Å². The van der Waals surface area contributed by atoms with E-state index < -0.39 is 0 Å². The number of aromatic nitrogens is 1. The number of rotatable bonds is 6. The Morgan fingerprint density at radius 3 is 2.89 bits per heavy atom. The predicted octanol–water partition coefficient (Wildman–Crippen LogP) is 0.940. The van der Waals surface area contributed by atoms with Gasteiger partial charge in [-0.05, 0) is 32.1 Å². The van der Waals surface area contributed by atoms with Crippen LogP contribution in [0.15, 0.2) is 18.2 Å². The number of hydrogen-bond donors (Lipinski definition) is 2. The highest BCUT2D eigenvalue weighted by atomic mass is 16.5. The number of ether oxygens (including phenoxy) is 1. The molecule has 2 N–H and O–H groups in total. The van der Waals surface area contributed by atoms with Crippen molar-refractivity contribution in [3.05, 3.63) is 18.2 Å². The SMILES string of the molecule is CNCCCNc1cccc(N2CCOCC2)n1. The molecule has 1 aromatic heterocycles. The molecule has 0 radical (unpaired) electrons. The fourth-order valence-corrected chi connectivity index (χ4v) is 1.97. The zero-order valence-electron chi connectivity index (χ0n) is 11.0. The molecule has 0 saturated carbocycles. The van der Waals surface area contributed by atoms with Crippen molar-refractivity contribution in [1.82, 2.24) is 10.3 Å². The molecule has 5 nitrogen and oxygen atoms in total. The topological polar surface area (TPSA) is 49.4 Å². The average Bonchev–Trinajstić information content (AvgIpc) is 2.45. The van der Waals surface area contributed by atoms with Gasteiger partial charge < -0.3 is 20.3 Å². The van der Waals surface area contributed by atoms with Gasteiger partial charge in [0.05, 0.1) is 13.2 Å². The smallest absolute Gasteiger partial charge is 0.131 e. The predicted molar refractivity (Wildman–Crippen MR) is 74.3 cm³/mol. The van der Waals surface area contributed by atoms with Crippen LogP contribution in [0.3, 0.4) is 0 Å². The summed E-state index contributed by atoms with van der Waals surface area (Å²) in [6.07, 6.45) is 1.10. The van der Waals surface area contributed by atoms with E-state index >= 15 is 0 Å². The minimum Gasteiger partial charge on any atom is -0.378 e. The fraction of sp³-hybridized carbons (Fsp3) is 0.615. The Balaban J connectivity index is 1.88. The molecule has 0 spiro atoms. The summed E-state index contributed by atoms with van der Waals surface area (Å²) in [6, 6.07) is 6.13. The van der Waals surface area contributed by atoms with Gasteiger partial charge in [-0.1, -0.05) is 6.07 Å². The van der Waals surface area contributed by atoms with Crippen molar-refractivity contribution in [2.45, 2.75) is 6.42 Å². The molecule has 1 aliphatic rings. The van der Waals surface area contributed by atoms with E-state index in [2.05, 4.69) is 32.7 Å².